The molecule has 1 unspecified atom stereocenters. The van der Waals surface area contributed by atoms with Crippen molar-refractivity contribution >= 4 is 27.3 Å². The van der Waals surface area contributed by atoms with Crippen LogP contribution in [0.15, 0.2) is 46.3 Å². The van der Waals surface area contributed by atoms with Crippen LogP contribution in [0.25, 0.3) is 0 Å². The minimum absolute atomic E-state index is 0.537. The number of halogens is 1. The Kier molecular flexibility index (Phi) is 6.27. The Hall–Kier alpha value is -0.640. The lowest BCUT2D eigenvalue weighted by atomic mass is 9.93. The van der Waals surface area contributed by atoms with Crippen LogP contribution in [0.1, 0.15) is 36.6 Å². The second-order valence-electron chi connectivity index (χ2n) is 5.40. The van der Waals surface area contributed by atoms with Crippen LogP contribution in [0.5, 0.6) is 0 Å². The summed E-state index contributed by atoms with van der Waals surface area (Å²) in [7, 11) is 0. The highest BCUT2D eigenvalue weighted by atomic mass is 79.9. The molecule has 0 aliphatic carbocycles. The summed E-state index contributed by atoms with van der Waals surface area (Å²) in [4.78, 5) is 1.45. The molecular weight excluding hydrogens is 330 g/mol. The molecule has 0 amide bonds. The molecule has 0 radical (unpaired) electrons. The second-order valence-corrected chi connectivity index (χ2v) is 7.26. The quantitative estimate of drug-likeness (QED) is 0.720. The Bertz CT molecular complexity index is 507. The Morgan fingerprint density at radius 1 is 1.15 bits per heavy atom. The van der Waals surface area contributed by atoms with Crippen molar-refractivity contribution in [1.29, 1.82) is 0 Å². The monoisotopic (exact) mass is 351 g/mol. The van der Waals surface area contributed by atoms with Gasteiger partial charge in [-0.1, -0.05) is 44.2 Å². The van der Waals surface area contributed by atoms with Crippen molar-refractivity contribution in [3.8, 4) is 0 Å². The van der Waals surface area contributed by atoms with Crippen LogP contribution in [0.3, 0.4) is 0 Å². The Morgan fingerprint density at radius 3 is 2.50 bits per heavy atom. The minimum Gasteiger partial charge on any atom is -0.314 e. The molecule has 0 fully saturated rings. The Labute approximate surface area is 134 Å². The molecule has 0 aliphatic heterocycles. The first-order valence-corrected chi connectivity index (χ1v) is 8.84. The number of hydrogen-bond donors (Lipinski definition) is 1. The highest BCUT2D eigenvalue weighted by molar-refractivity contribution is 9.10. The van der Waals surface area contributed by atoms with E-state index in [0.29, 0.717) is 12.0 Å². The van der Waals surface area contributed by atoms with Crippen LogP contribution in [0, 0.1) is 0 Å². The minimum atomic E-state index is 0.537. The maximum absolute atomic E-state index is 3.63. The molecule has 1 aromatic carbocycles. The third-order valence-electron chi connectivity index (χ3n) is 3.45. The molecule has 2 aromatic rings. The van der Waals surface area contributed by atoms with Crippen LogP contribution < -0.4 is 5.32 Å². The van der Waals surface area contributed by atoms with Crippen LogP contribution in [-0.4, -0.2) is 12.6 Å². The van der Waals surface area contributed by atoms with Crippen molar-refractivity contribution in [3.05, 3.63) is 56.7 Å². The lowest BCUT2D eigenvalue weighted by Gasteiger charge is -2.19. The first-order chi connectivity index (χ1) is 9.66. The summed E-state index contributed by atoms with van der Waals surface area (Å²) < 4.78 is 1.26. The van der Waals surface area contributed by atoms with Gasteiger partial charge < -0.3 is 5.32 Å². The first-order valence-electron chi connectivity index (χ1n) is 7.17. The maximum Gasteiger partial charge on any atom is 0.0314 e. The lowest BCUT2D eigenvalue weighted by molar-refractivity contribution is 0.509. The molecule has 2 rings (SSSR count). The summed E-state index contributed by atoms with van der Waals surface area (Å²) in [6.07, 6.45) is 2.32. The standard InChI is InChI=1S/C17H22BrNS/c1-13(2)19-12-15(14-6-4-3-5-7-14)8-9-17-16(18)10-11-20-17/h3-7,10-11,13,15,19H,8-9,12H2,1-2H3. The van der Waals surface area contributed by atoms with E-state index in [1.165, 1.54) is 21.3 Å². The number of benzene rings is 1. The predicted octanol–water partition coefficient (Wildman–Crippen LogP) is 5.23. The normalized spacial score (nSPS) is 12.8. The van der Waals surface area contributed by atoms with Gasteiger partial charge in [-0.2, -0.15) is 0 Å². The van der Waals surface area contributed by atoms with E-state index in [9.17, 15) is 0 Å². The van der Waals surface area contributed by atoms with E-state index >= 15 is 0 Å². The van der Waals surface area contributed by atoms with Crippen LogP contribution >= 0.6 is 27.3 Å². The van der Waals surface area contributed by atoms with Gasteiger partial charge in [0.25, 0.3) is 0 Å². The fraction of sp³-hybridized carbons (Fsp3) is 0.412. The number of hydrogen-bond acceptors (Lipinski definition) is 2. The van der Waals surface area contributed by atoms with E-state index in [4.69, 9.17) is 0 Å². The topological polar surface area (TPSA) is 12.0 Å². The molecule has 1 atom stereocenters. The third-order valence-corrected chi connectivity index (χ3v) is 5.44. The second kappa shape index (κ2) is 7.96. The molecule has 0 bridgehead atoms. The predicted molar refractivity (Wildman–Crippen MR) is 92.7 cm³/mol. The zero-order valence-corrected chi connectivity index (χ0v) is 14.5. The van der Waals surface area contributed by atoms with Gasteiger partial charge in [-0.3, -0.25) is 0 Å². The largest absolute Gasteiger partial charge is 0.314 e. The van der Waals surface area contributed by atoms with Gasteiger partial charge in [0.15, 0.2) is 0 Å². The van der Waals surface area contributed by atoms with E-state index < -0.39 is 0 Å². The highest BCUT2D eigenvalue weighted by Crippen LogP contribution is 2.28. The number of thiophene rings is 1. The van der Waals surface area contributed by atoms with E-state index in [2.05, 4.69) is 76.9 Å². The van der Waals surface area contributed by atoms with E-state index in [1.54, 1.807) is 0 Å². The van der Waals surface area contributed by atoms with Gasteiger partial charge in [0, 0.05) is 21.9 Å². The molecule has 1 nitrogen and oxygen atoms in total. The van der Waals surface area contributed by atoms with Crippen LogP contribution in [0.4, 0.5) is 0 Å². The van der Waals surface area contributed by atoms with E-state index in [0.717, 1.165) is 13.0 Å². The molecule has 1 N–H and O–H groups in total. The molecule has 0 saturated heterocycles. The fourth-order valence-electron chi connectivity index (χ4n) is 2.30. The number of aryl methyl sites for hydroxylation is 1. The van der Waals surface area contributed by atoms with Crippen molar-refractivity contribution in [2.45, 2.75) is 38.6 Å². The van der Waals surface area contributed by atoms with Gasteiger partial charge in [0.1, 0.15) is 0 Å². The van der Waals surface area contributed by atoms with Crippen molar-refractivity contribution in [2.75, 3.05) is 6.54 Å². The van der Waals surface area contributed by atoms with Crippen LogP contribution in [0.2, 0.25) is 0 Å². The first kappa shape index (κ1) is 15.7. The third kappa shape index (κ3) is 4.72. The van der Waals surface area contributed by atoms with Gasteiger partial charge in [-0.15, -0.1) is 11.3 Å². The maximum atomic E-state index is 3.63. The van der Waals surface area contributed by atoms with Gasteiger partial charge >= 0.3 is 0 Å². The van der Waals surface area contributed by atoms with E-state index in [1.807, 2.05) is 11.3 Å². The average molecular weight is 352 g/mol. The van der Waals surface area contributed by atoms with Crippen LogP contribution in [-0.2, 0) is 6.42 Å². The molecule has 20 heavy (non-hydrogen) atoms. The van der Waals surface area contributed by atoms with Crippen molar-refractivity contribution < 1.29 is 0 Å². The lowest BCUT2D eigenvalue weighted by Crippen LogP contribution is -2.28. The van der Waals surface area contributed by atoms with Crippen molar-refractivity contribution in [1.82, 2.24) is 5.32 Å². The van der Waals surface area contributed by atoms with Gasteiger partial charge in [-0.25, -0.2) is 0 Å². The smallest absolute Gasteiger partial charge is 0.0314 e. The number of nitrogens with one attached hydrogen (secondary N) is 1. The molecule has 0 saturated carbocycles. The van der Waals surface area contributed by atoms with Gasteiger partial charge in [0.05, 0.1) is 0 Å². The zero-order valence-electron chi connectivity index (χ0n) is 12.1. The van der Waals surface area contributed by atoms with Crippen molar-refractivity contribution in [3.63, 3.8) is 0 Å². The zero-order chi connectivity index (χ0) is 14.4. The summed E-state index contributed by atoms with van der Waals surface area (Å²) in [6.45, 7) is 5.46. The highest BCUT2D eigenvalue weighted by Gasteiger charge is 2.13. The summed E-state index contributed by atoms with van der Waals surface area (Å²) in [5, 5.41) is 5.74. The number of rotatable bonds is 7. The summed E-state index contributed by atoms with van der Waals surface area (Å²) in [5.41, 5.74) is 1.44. The van der Waals surface area contributed by atoms with Crippen molar-refractivity contribution in [2.24, 2.45) is 0 Å². The molecule has 3 heteroatoms. The fourth-order valence-corrected chi connectivity index (χ4v) is 3.87. The Morgan fingerprint density at radius 2 is 1.90 bits per heavy atom. The molecule has 0 spiro atoms. The molecule has 1 heterocycles. The molecule has 0 aliphatic rings. The van der Waals surface area contributed by atoms with Gasteiger partial charge in [0.2, 0.25) is 0 Å². The summed E-state index contributed by atoms with van der Waals surface area (Å²) >= 11 is 5.47. The van der Waals surface area contributed by atoms with E-state index in [-0.39, 0.29) is 0 Å². The molecule has 1 aromatic heterocycles. The average Bonchev–Trinajstić information content (AvgIpc) is 2.85. The summed E-state index contributed by atoms with van der Waals surface area (Å²) in [5.74, 6) is 0.576. The Balaban J connectivity index is 2.01. The SMILES string of the molecule is CC(C)NCC(CCc1sccc1Br)c1ccccc1. The molecular formula is C17H22BrNS. The van der Waals surface area contributed by atoms with Gasteiger partial charge in [-0.05, 0) is 51.7 Å². The summed E-state index contributed by atoms with van der Waals surface area (Å²) in [6, 6.07) is 13.5. The molecule has 108 valence electrons.